The number of hydrogen-bond donors (Lipinski definition) is 0. The van der Waals surface area contributed by atoms with E-state index >= 15 is 0 Å². The van der Waals surface area contributed by atoms with Crippen molar-refractivity contribution in [3.8, 4) is 21.9 Å². The molecule has 0 atom stereocenters. The van der Waals surface area contributed by atoms with Gasteiger partial charge < -0.3 is 18.9 Å². The highest BCUT2D eigenvalue weighted by molar-refractivity contribution is 7.14. The maximum Gasteiger partial charge on any atom is 0.257 e. The number of aromatic nitrogens is 2. The van der Waals surface area contributed by atoms with E-state index in [0.717, 1.165) is 43.4 Å². The summed E-state index contributed by atoms with van der Waals surface area (Å²) < 4.78 is 14.1. The van der Waals surface area contributed by atoms with Crippen LogP contribution in [-0.4, -0.2) is 46.7 Å². The number of nitrogens with zero attached hydrogens (tertiary/aromatic N) is 3. The zero-order valence-electron chi connectivity index (χ0n) is 22.5. The summed E-state index contributed by atoms with van der Waals surface area (Å²) in [6.07, 6.45) is 8.34. The molecule has 202 valence electrons. The Morgan fingerprint density at radius 2 is 1.77 bits per heavy atom. The molecule has 0 spiro atoms. The molecule has 6 nitrogen and oxygen atoms in total. The van der Waals surface area contributed by atoms with Crippen molar-refractivity contribution in [2.24, 2.45) is 0 Å². The highest BCUT2D eigenvalue weighted by Crippen LogP contribution is 2.30. The van der Waals surface area contributed by atoms with Gasteiger partial charge in [0, 0.05) is 54.7 Å². The lowest BCUT2D eigenvalue weighted by Crippen LogP contribution is -2.34. The molecule has 4 heterocycles. The van der Waals surface area contributed by atoms with Gasteiger partial charge in [-0.25, -0.2) is 0 Å². The molecular weight excluding hydrogens is 518 g/mol. The first-order chi connectivity index (χ1) is 19.6. The molecule has 6 rings (SSSR count). The molecule has 0 radical (unpaired) electrons. The fourth-order valence-electron chi connectivity index (χ4n) is 5.08. The minimum atomic E-state index is 0.0110. The molecule has 1 amide bonds. The normalized spacial score (nSPS) is 14.2. The van der Waals surface area contributed by atoms with Gasteiger partial charge in [0.25, 0.3) is 5.91 Å². The lowest BCUT2D eigenvalue weighted by molar-refractivity contribution is 0.0571. The Balaban J connectivity index is 1.31. The first kappa shape index (κ1) is 26.0. The van der Waals surface area contributed by atoms with E-state index in [1.54, 1.807) is 17.5 Å². The summed E-state index contributed by atoms with van der Waals surface area (Å²) in [5.74, 6) is 0.873. The Bertz CT molecular complexity index is 1590. The van der Waals surface area contributed by atoms with Crippen molar-refractivity contribution in [3.05, 3.63) is 125 Å². The third-order valence-electron chi connectivity index (χ3n) is 7.00. The Kier molecular flexibility index (Phi) is 7.75. The van der Waals surface area contributed by atoms with Gasteiger partial charge in [-0.1, -0.05) is 36.4 Å². The number of amides is 1. The molecule has 2 aromatic carbocycles. The van der Waals surface area contributed by atoms with Crippen LogP contribution < -0.4 is 4.74 Å². The second-order valence-electron chi connectivity index (χ2n) is 9.91. The van der Waals surface area contributed by atoms with Crippen LogP contribution in [0.1, 0.15) is 31.9 Å². The molecule has 3 aromatic heterocycles. The molecule has 0 unspecified atom stereocenters. The number of pyridine rings is 1. The van der Waals surface area contributed by atoms with E-state index in [-0.39, 0.29) is 5.91 Å². The van der Waals surface area contributed by atoms with Gasteiger partial charge in [-0.15, -0.1) is 11.3 Å². The van der Waals surface area contributed by atoms with E-state index in [4.69, 9.17) is 9.47 Å². The molecule has 0 N–H and O–H groups in total. The first-order valence-electron chi connectivity index (χ1n) is 13.5. The van der Waals surface area contributed by atoms with E-state index in [2.05, 4.69) is 47.4 Å². The van der Waals surface area contributed by atoms with E-state index < -0.39 is 0 Å². The summed E-state index contributed by atoms with van der Waals surface area (Å²) >= 11 is 1.63. The average Bonchev–Trinajstić information content (AvgIpc) is 3.65. The summed E-state index contributed by atoms with van der Waals surface area (Å²) in [7, 11) is 0. The fraction of sp³-hybridized carbons (Fsp3) is 0.212. The van der Waals surface area contributed by atoms with Crippen molar-refractivity contribution >= 4 is 17.2 Å². The molecule has 7 heteroatoms. The summed E-state index contributed by atoms with van der Waals surface area (Å²) in [6.45, 7) is 4.37. The summed E-state index contributed by atoms with van der Waals surface area (Å²) in [5.41, 5.74) is 6.25. The monoisotopic (exact) mass is 549 g/mol. The molecular formula is C33H31N3O3S. The molecule has 1 aliphatic rings. The predicted octanol–water partition coefficient (Wildman–Crippen LogP) is 6.55. The number of benzene rings is 2. The number of fused-ring (bicyclic) bond motifs is 3. The number of ether oxygens (including phenoxy) is 2. The zero-order valence-corrected chi connectivity index (χ0v) is 23.3. The quantitative estimate of drug-likeness (QED) is 0.256. The highest BCUT2D eigenvalue weighted by atomic mass is 32.1. The van der Waals surface area contributed by atoms with Crippen molar-refractivity contribution < 1.29 is 14.3 Å². The molecule has 5 aromatic rings. The van der Waals surface area contributed by atoms with Crippen molar-refractivity contribution in [3.63, 3.8) is 0 Å². The predicted molar refractivity (Wildman–Crippen MR) is 158 cm³/mol. The summed E-state index contributed by atoms with van der Waals surface area (Å²) in [6, 6.07) is 24.8. The van der Waals surface area contributed by atoms with E-state index in [9.17, 15) is 4.79 Å². The second kappa shape index (κ2) is 11.9. The first-order valence-corrected chi connectivity index (χ1v) is 14.3. The van der Waals surface area contributed by atoms with Crippen LogP contribution in [-0.2, 0) is 17.7 Å². The standard InChI is InChI=1S/C33H31N3O3S/c1-24-18-30(33(40-24)35-12-2-3-13-35)32(37)36-14-15-38-16-17-39-31-10-9-27(28-8-5-11-34-22-28)21-29(31)20-25-6-4-7-26(19-25)23-36/h2-13,18-19,21-22H,14-17,20,23H2,1H3. The summed E-state index contributed by atoms with van der Waals surface area (Å²) in [5, 5.41) is 0.941. The van der Waals surface area contributed by atoms with Crippen molar-refractivity contribution in [1.82, 2.24) is 14.5 Å². The van der Waals surface area contributed by atoms with Gasteiger partial charge in [-0.3, -0.25) is 9.78 Å². The number of thiophene rings is 1. The van der Waals surface area contributed by atoms with Gasteiger partial charge in [0.15, 0.2) is 0 Å². The molecule has 0 fully saturated rings. The third-order valence-corrected chi connectivity index (χ3v) is 8.06. The second-order valence-corrected chi connectivity index (χ2v) is 11.1. The number of hydrogen-bond acceptors (Lipinski definition) is 5. The van der Waals surface area contributed by atoms with Crippen LogP contribution in [0, 0.1) is 6.92 Å². The smallest absolute Gasteiger partial charge is 0.257 e. The minimum absolute atomic E-state index is 0.0110. The van der Waals surface area contributed by atoms with Crippen LogP contribution in [0.3, 0.4) is 0 Å². The Morgan fingerprint density at radius 1 is 0.900 bits per heavy atom. The van der Waals surface area contributed by atoms with Gasteiger partial charge in [-0.05, 0) is 65.6 Å². The fourth-order valence-corrected chi connectivity index (χ4v) is 6.04. The van der Waals surface area contributed by atoms with Crippen LogP contribution in [0.4, 0.5) is 0 Å². The van der Waals surface area contributed by atoms with Crippen LogP contribution in [0.2, 0.25) is 0 Å². The van der Waals surface area contributed by atoms with Gasteiger partial charge in [0.1, 0.15) is 17.4 Å². The molecule has 1 aliphatic heterocycles. The van der Waals surface area contributed by atoms with E-state index in [1.807, 2.05) is 65.3 Å². The Hall–Kier alpha value is -4.20. The average molecular weight is 550 g/mol. The molecule has 40 heavy (non-hydrogen) atoms. The number of rotatable bonds is 3. The van der Waals surface area contributed by atoms with E-state index in [0.29, 0.717) is 39.3 Å². The maximum absolute atomic E-state index is 13.9. The lowest BCUT2D eigenvalue weighted by Gasteiger charge is -2.24. The van der Waals surface area contributed by atoms with Crippen molar-refractivity contribution in [2.75, 3.05) is 26.4 Å². The summed E-state index contributed by atoms with van der Waals surface area (Å²) in [4.78, 5) is 21.2. The van der Waals surface area contributed by atoms with Crippen LogP contribution in [0.15, 0.2) is 97.6 Å². The lowest BCUT2D eigenvalue weighted by atomic mass is 9.98. The number of aryl methyl sites for hydroxylation is 1. The third kappa shape index (κ3) is 5.86. The van der Waals surface area contributed by atoms with Gasteiger partial charge >= 0.3 is 0 Å². The molecule has 0 aliphatic carbocycles. The highest BCUT2D eigenvalue weighted by Gasteiger charge is 2.23. The van der Waals surface area contributed by atoms with Crippen molar-refractivity contribution in [1.29, 1.82) is 0 Å². The zero-order chi connectivity index (χ0) is 27.3. The van der Waals surface area contributed by atoms with Crippen LogP contribution >= 0.6 is 11.3 Å². The van der Waals surface area contributed by atoms with Gasteiger partial charge in [0.05, 0.1) is 18.8 Å². The minimum Gasteiger partial charge on any atom is -0.491 e. The van der Waals surface area contributed by atoms with Gasteiger partial charge in [0.2, 0.25) is 0 Å². The van der Waals surface area contributed by atoms with Gasteiger partial charge in [-0.2, -0.15) is 0 Å². The molecule has 0 saturated carbocycles. The largest absolute Gasteiger partial charge is 0.491 e. The molecule has 0 saturated heterocycles. The van der Waals surface area contributed by atoms with E-state index in [1.165, 1.54) is 5.56 Å². The van der Waals surface area contributed by atoms with Crippen LogP contribution in [0.5, 0.6) is 5.75 Å². The Morgan fingerprint density at radius 3 is 2.62 bits per heavy atom. The Labute approximate surface area is 238 Å². The SMILES string of the molecule is Cc1cc(C(=O)N2CCOCCOc3ccc(-c4cccnc4)cc3Cc3cccc(c3)C2)c(-n2cccc2)s1. The van der Waals surface area contributed by atoms with Crippen molar-refractivity contribution in [2.45, 2.75) is 19.9 Å². The number of carbonyl (C=O) groups excluding carboxylic acids is 1. The van der Waals surface area contributed by atoms with Crippen LogP contribution in [0.25, 0.3) is 16.1 Å². The topological polar surface area (TPSA) is 56.6 Å². The maximum atomic E-state index is 13.9. The molecule has 2 bridgehead atoms. The number of carbonyl (C=O) groups is 1.